The highest BCUT2D eigenvalue weighted by Crippen LogP contribution is 2.28. The van der Waals surface area contributed by atoms with Crippen molar-refractivity contribution in [2.45, 2.75) is 39.2 Å². The van der Waals surface area contributed by atoms with Crippen molar-refractivity contribution in [2.75, 3.05) is 0 Å². The molecular weight excluding hydrogens is 324 g/mol. The minimum absolute atomic E-state index is 0.00443. The van der Waals surface area contributed by atoms with Gasteiger partial charge >= 0.3 is 0 Å². The summed E-state index contributed by atoms with van der Waals surface area (Å²) in [6, 6.07) is 15.0. The van der Waals surface area contributed by atoms with Crippen LogP contribution in [0.25, 0.3) is 0 Å². The zero-order chi connectivity index (χ0) is 15.6. The Bertz CT molecular complexity index is 592. The van der Waals surface area contributed by atoms with Gasteiger partial charge in [-0.2, -0.15) is 0 Å². The Morgan fingerprint density at radius 1 is 1.00 bits per heavy atom. The molecule has 3 N–H and O–H groups in total. The molecule has 2 aromatic rings. The number of hydrogen-bond donors (Lipinski definition) is 2. The summed E-state index contributed by atoms with van der Waals surface area (Å²) in [4.78, 5) is 0. The van der Waals surface area contributed by atoms with E-state index in [9.17, 15) is 0 Å². The van der Waals surface area contributed by atoms with Gasteiger partial charge in [-0.3, -0.25) is 5.84 Å². The van der Waals surface area contributed by atoms with Gasteiger partial charge in [0.25, 0.3) is 0 Å². The van der Waals surface area contributed by atoms with Crippen molar-refractivity contribution in [1.82, 2.24) is 5.43 Å². The van der Waals surface area contributed by atoms with Crippen LogP contribution in [0.5, 0.6) is 0 Å². The standard InChI is InChI=1S/C18H23BrN2/c1-12-9-14(11-16(19)10-12)17(21-20)13-5-7-15(8-6-13)18(2,3)4/h5-11,17,21H,20H2,1-4H3. The Morgan fingerprint density at radius 2 is 1.62 bits per heavy atom. The van der Waals surface area contributed by atoms with E-state index in [1.165, 1.54) is 16.7 Å². The number of benzene rings is 2. The first-order chi connectivity index (χ1) is 9.81. The molecular formula is C18H23BrN2. The molecule has 0 radical (unpaired) electrons. The number of nitrogens with two attached hydrogens (primary N) is 1. The molecule has 21 heavy (non-hydrogen) atoms. The average molecular weight is 347 g/mol. The molecule has 2 nitrogen and oxygen atoms in total. The van der Waals surface area contributed by atoms with Gasteiger partial charge in [0.05, 0.1) is 6.04 Å². The molecule has 0 spiro atoms. The van der Waals surface area contributed by atoms with Crippen LogP contribution in [0.2, 0.25) is 0 Å². The number of nitrogens with one attached hydrogen (secondary N) is 1. The highest BCUT2D eigenvalue weighted by atomic mass is 79.9. The van der Waals surface area contributed by atoms with Crippen molar-refractivity contribution < 1.29 is 0 Å². The van der Waals surface area contributed by atoms with E-state index in [1.54, 1.807) is 0 Å². The van der Waals surface area contributed by atoms with E-state index in [1.807, 2.05) is 0 Å². The highest BCUT2D eigenvalue weighted by Gasteiger charge is 2.16. The molecule has 2 rings (SSSR count). The second-order valence-electron chi connectivity index (χ2n) is 6.53. The lowest BCUT2D eigenvalue weighted by Gasteiger charge is -2.22. The summed E-state index contributed by atoms with van der Waals surface area (Å²) in [5, 5.41) is 0. The SMILES string of the molecule is Cc1cc(Br)cc(C(NN)c2ccc(C(C)(C)C)cc2)c1. The van der Waals surface area contributed by atoms with Gasteiger partial charge in [-0.15, -0.1) is 0 Å². The lowest BCUT2D eigenvalue weighted by atomic mass is 9.86. The lowest BCUT2D eigenvalue weighted by Crippen LogP contribution is -2.29. The van der Waals surface area contributed by atoms with Crippen LogP contribution in [0.4, 0.5) is 0 Å². The van der Waals surface area contributed by atoms with Crippen LogP contribution in [0, 0.1) is 6.92 Å². The molecule has 112 valence electrons. The Morgan fingerprint density at radius 3 is 2.10 bits per heavy atom. The van der Waals surface area contributed by atoms with Crippen LogP contribution in [-0.4, -0.2) is 0 Å². The van der Waals surface area contributed by atoms with Gasteiger partial charge in [0, 0.05) is 4.47 Å². The largest absolute Gasteiger partial charge is 0.271 e. The van der Waals surface area contributed by atoms with Crippen molar-refractivity contribution in [3.05, 3.63) is 69.2 Å². The number of halogens is 1. The number of aryl methyl sites for hydroxylation is 1. The molecule has 0 aliphatic heterocycles. The molecule has 3 heteroatoms. The third-order valence-corrected chi connectivity index (χ3v) is 4.13. The molecule has 0 amide bonds. The molecule has 0 saturated carbocycles. The van der Waals surface area contributed by atoms with Crippen LogP contribution < -0.4 is 11.3 Å². The smallest absolute Gasteiger partial charge is 0.0710 e. The van der Waals surface area contributed by atoms with Crippen molar-refractivity contribution >= 4 is 15.9 Å². The Labute approximate surface area is 135 Å². The molecule has 0 fully saturated rings. The first-order valence-corrected chi connectivity index (χ1v) is 7.94. The fraction of sp³-hybridized carbons (Fsp3) is 0.333. The number of hydrogen-bond acceptors (Lipinski definition) is 2. The Kier molecular flexibility index (Phi) is 4.87. The maximum atomic E-state index is 5.80. The third kappa shape index (κ3) is 3.94. The summed E-state index contributed by atoms with van der Waals surface area (Å²) < 4.78 is 1.07. The fourth-order valence-corrected chi connectivity index (χ4v) is 3.12. The highest BCUT2D eigenvalue weighted by molar-refractivity contribution is 9.10. The topological polar surface area (TPSA) is 38.0 Å². The first-order valence-electron chi connectivity index (χ1n) is 7.15. The zero-order valence-corrected chi connectivity index (χ0v) is 14.7. The molecule has 1 atom stereocenters. The maximum absolute atomic E-state index is 5.80. The third-order valence-electron chi connectivity index (χ3n) is 3.67. The second-order valence-corrected chi connectivity index (χ2v) is 7.45. The molecule has 0 heterocycles. The molecule has 0 aliphatic carbocycles. The second kappa shape index (κ2) is 6.30. The molecule has 2 aromatic carbocycles. The Hall–Kier alpha value is -1.16. The van der Waals surface area contributed by atoms with Gasteiger partial charge in [-0.1, -0.05) is 67.0 Å². The predicted molar refractivity (Wildman–Crippen MR) is 93.2 cm³/mol. The quantitative estimate of drug-likeness (QED) is 0.629. The molecule has 0 bridgehead atoms. The minimum Gasteiger partial charge on any atom is -0.271 e. The van der Waals surface area contributed by atoms with Crippen LogP contribution in [-0.2, 0) is 5.41 Å². The van der Waals surface area contributed by atoms with E-state index in [0.29, 0.717) is 0 Å². The molecule has 0 aromatic heterocycles. The van der Waals surface area contributed by atoms with Gasteiger partial charge in [0.15, 0.2) is 0 Å². The maximum Gasteiger partial charge on any atom is 0.0710 e. The fourth-order valence-electron chi connectivity index (χ4n) is 2.49. The summed E-state index contributed by atoms with van der Waals surface area (Å²) in [7, 11) is 0. The lowest BCUT2D eigenvalue weighted by molar-refractivity contribution is 0.588. The van der Waals surface area contributed by atoms with Crippen LogP contribution >= 0.6 is 15.9 Å². The average Bonchev–Trinajstić information content (AvgIpc) is 2.38. The molecule has 0 aliphatic rings. The predicted octanol–water partition coefficient (Wildman–Crippen LogP) is 4.61. The van der Waals surface area contributed by atoms with Gasteiger partial charge in [-0.05, 0) is 46.7 Å². The van der Waals surface area contributed by atoms with E-state index in [2.05, 4.69) is 91.5 Å². The van der Waals surface area contributed by atoms with Gasteiger partial charge in [0.2, 0.25) is 0 Å². The van der Waals surface area contributed by atoms with E-state index in [-0.39, 0.29) is 11.5 Å². The van der Waals surface area contributed by atoms with Crippen molar-refractivity contribution in [1.29, 1.82) is 0 Å². The van der Waals surface area contributed by atoms with Gasteiger partial charge in [0.1, 0.15) is 0 Å². The van der Waals surface area contributed by atoms with E-state index in [0.717, 1.165) is 10.0 Å². The van der Waals surface area contributed by atoms with E-state index < -0.39 is 0 Å². The molecule has 0 saturated heterocycles. The van der Waals surface area contributed by atoms with Crippen LogP contribution in [0.15, 0.2) is 46.9 Å². The van der Waals surface area contributed by atoms with Gasteiger partial charge < -0.3 is 0 Å². The Balaban J connectivity index is 2.37. The van der Waals surface area contributed by atoms with Crippen molar-refractivity contribution in [2.24, 2.45) is 5.84 Å². The van der Waals surface area contributed by atoms with E-state index in [4.69, 9.17) is 5.84 Å². The summed E-state index contributed by atoms with van der Waals surface area (Å²) in [5.74, 6) is 5.80. The van der Waals surface area contributed by atoms with Crippen molar-refractivity contribution in [3.8, 4) is 0 Å². The zero-order valence-electron chi connectivity index (χ0n) is 13.1. The summed E-state index contributed by atoms with van der Waals surface area (Å²) in [6.07, 6.45) is 0. The van der Waals surface area contributed by atoms with Crippen LogP contribution in [0.1, 0.15) is 49.1 Å². The minimum atomic E-state index is -0.00443. The molecule has 1 unspecified atom stereocenters. The summed E-state index contributed by atoms with van der Waals surface area (Å²) >= 11 is 3.55. The monoisotopic (exact) mass is 346 g/mol. The van der Waals surface area contributed by atoms with Gasteiger partial charge in [-0.25, -0.2) is 5.43 Å². The number of hydrazine groups is 1. The summed E-state index contributed by atoms with van der Waals surface area (Å²) in [6.45, 7) is 8.75. The van der Waals surface area contributed by atoms with Crippen LogP contribution in [0.3, 0.4) is 0 Å². The van der Waals surface area contributed by atoms with E-state index >= 15 is 0 Å². The summed E-state index contributed by atoms with van der Waals surface area (Å²) in [5.41, 5.74) is 7.96. The van der Waals surface area contributed by atoms with Crippen molar-refractivity contribution in [3.63, 3.8) is 0 Å². The normalized spacial score (nSPS) is 13.2. The number of rotatable bonds is 3. The first kappa shape index (κ1) is 16.2.